The number of likely N-dealkylation sites (tertiary alicyclic amines) is 2. The van der Waals surface area contributed by atoms with Gasteiger partial charge in [-0.15, -0.1) is 0 Å². The van der Waals surface area contributed by atoms with Gasteiger partial charge in [-0.3, -0.25) is 14.5 Å². The summed E-state index contributed by atoms with van der Waals surface area (Å²) in [6, 6.07) is 0.360. The van der Waals surface area contributed by atoms with Crippen molar-refractivity contribution in [3.63, 3.8) is 0 Å². The summed E-state index contributed by atoms with van der Waals surface area (Å²) in [5.74, 6) is 0.0143. The van der Waals surface area contributed by atoms with Gasteiger partial charge in [-0.05, 0) is 44.9 Å². The Labute approximate surface area is 132 Å². The zero-order valence-corrected chi connectivity index (χ0v) is 13.5. The van der Waals surface area contributed by atoms with Crippen LogP contribution in [-0.2, 0) is 9.59 Å². The molecule has 1 amide bonds. The number of fused-ring (bicyclic) bond motifs is 1. The molecule has 0 aromatic rings. The molecule has 5 nitrogen and oxygen atoms in total. The van der Waals surface area contributed by atoms with Gasteiger partial charge in [0.15, 0.2) is 0 Å². The van der Waals surface area contributed by atoms with Crippen LogP contribution in [0.2, 0.25) is 0 Å². The molecule has 0 aromatic carbocycles. The highest BCUT2D eigenvalue weighted by Crippen LogP contribution is 2.39. The first-order chi connectivity index (χ1) is 10.6. The van der Waals surface area contributed by atoms with Crippen LogP contribution in [0.1, 0.15) is 58.3 Å². The number of aliphatic carboxylic acids is 1. The minimum absolute atomic E-state index is 0.202. The topological polar surface area (TPSA) is 60.9 Å². The lowest BCUT2D eigenvalue weighted by Crippen LogP contribution is -2.44. The normalized spacial score (nSPS) is 35.6. The number of rotatable bonds is 4. The molecule has 1 N–H and O–H groups in total. The van der Waals surface area contributed by atoms with E-state index in [0.717, 1.165) is 38.6 Å². The van der Waals surface area contributed by atoms with E-state index >= 15 is 0 Å². The summed E-state index contributed by atoms with van der Waals surface area (Å²) in [4.78, 5) is 28.1. The molecule has 3 aliphatic rings. The highest BCUT2D eigenvalue weighted by molar-refractivity contribution is 5.77. The minimum atomic E-state index is -0.712. The largest absolute Gasteiger partial charge is 0.480 e. The monoisotopic (exact) mass is 308 g/mol. The predicted molar refractivity (Wildman–Crippen MR) is 83.5 cm³/mol. The van der Waals surface area contributed by atoms with Crippen molar-refractivity contribution in [1.82, 2.24) is 9.80 Å². The molecule has 3 fully saturated rings. The molecule has 124 valence electrons. The zero-order chi connectivity index (χ0) is 15.7. The van der Waals surface area contributed by atoms with Gasteiger partial charge in [-0.2, -0.15) is 0 Å². The molecule has 4 atom stereocenters. The summed E-state index contributed by atoms with van der Waals surface area (Å²) in [5.41, 5.74) is 0. The van der Waals surface area contributed by atoms with E-state index in [-0.39, 0.29) is 11.9 Å². The van der Waals surface area contributed by atoms with Crippen LogP contribution in [0.3, 0.4) is 0 Å². The van der Waals surface area contributed by atoms with Crippen molar-refractivity contribution in [1.29, 1.82) is 0 Å². The Bertz CT molecular complexity index is 440. The maximum atomic E-state index is 12.4. The van der Waals surface area contributed by atoms with Gasteiger partial charge in [-0.25, -0.2) is 0 Å². The third-order valence-electron chi connectivity index (χ3n) is 5.96. The molecular formula is C17H28N2O3. The van der Waals surface area contributed by atoms with Crippen molar-refractivity contribution < 1.29 is 14.7 Å². The van der Waals surface area contributed by atoms with Gasteiger partial charge in [0.05, 0.1) is 0 Å². The Morgan fingerprint density at radius 2 is 1.91 bits per heavy atom. The lowest BCUT2D eigenvalue weighted by atomic mass is 9.85. The Hall–Kier alpha value is -1.10. The van der Waals surface area contributed by atoms with E-state index in [1.165, 1.54) is 12.8 Å². The quantitative estimate of drug-likeness (QED) is 0.864. The van der Waals surface area contributed by atoms with Crippen molar-refractivity contribution in [2.24, 2.45) is 5.92 Å². The van der Waals surface area contributed by atoms with Crippen LogP contribution in [-0.4, -0.2) is 58.0 Å². The fraction of sp³-hybridized carbons (Fsp3) is 0.882. The molecular weight excluding hydrogens is 280 g/mol. The number of carbonyl (C=O) groups is 2. The molecule has 3 rings (SSSR count). The van der Waals surface area contributed by atoms with Crippen molar-refractivity contribution in [3.8, 4) is 0 Å². The van der Waals surface area contributed by atoms with Crippen LogP contribution in [0.4, 0.5) is 0 Å². The molecule has 4 unspecified atom stereocenters. The second kappa shape index (κ2) is 6.57. The lowest BCUT2D eigenvalue weighted by molar-refractivity contribution is -0.143. The van der Waals surface area contributed by atoms with Crippen LogP contribution in [0.15, 0.2) is 0 Å². The van der Waals surface area contributed by atoms with Gasteiger partial charge in [0.2, 0.25) is 5.91 Å². The van der Waals surface area contributed by atoms with Crippen molar-refractivity contribution in [2.45, 2.75) is 76.4 Å². The van der Waals surface area contributed by atoms with Gasteiger partial charge >= 0.3 is 5.97 Å². The number of nitrogens with zero attached hydrogens (tertiary/aromatic N) is 2. The summed E-state index contributed by atoms with van der Waals surface area (Å²) in [7, 11) is 0. The predicted octanol–water partition coefficient (Wildman–Crippen LogP) is 2.11. The van der Waals surface area contributed by atoms with Crippen LogP contribution < -0.4 is 0 Å². The number of amides is 1. The molecule has 1 aliphatic carbocycles. The van der Waals surface area contributed by atoms with Crippen molar-refractivity contribution in [3.05, 3.63) is 0 Å². The van der Waals surface area contributed by atoms with Gasteiger partial charge < -0.3 is 10.0 Å². The molecule has 2 heterocycles. The van der Waals surface area contributed by atoms with E-state index in [0.29, 0.717) is 31.0 Å². The molecule has 0 radical (unpaired) electrons. The third kappa shape index (κ3) is 3.00. The molecule has 2 saturated heterocycles. The lowest BCUT2D eigenvalue weighted by Gasteiger charge is -2.33. The number of carboxylic acids is 1. The molecule has 2 aliphatic heterocycles. The summed E-state index contributed by atoms with van der Waals surface area (Å²) in [6.45, 7) is 3.59. The summed E-state index contributed by atoms with van der Waals surface area (Å²) in [6.07, 6.45) is 8.11. The van der Waals surface area contributed by atoms with Gasteiger partial charge in [0.1, 0.15) is 6.04 Å². The molecule has 22 heavy (non-hydrogen) atoms. The number of carboxylic acid groups (broad SMARTS) is 1. The van der Waals surface area contributed by atoms with Gasteiger partial charge in [0, 0.05) is 31.6 Å². The fourth-order valence-electron chi connectivity index (χ4n) is 4.79. The van der Waals surface area contributed by atoms with Crippen LogP contribution in [0.5, 0.6) is 0 Å². The maximum absolute atomic E-state index is 12.4. The second-order valence-electron chi connectivity index (χ2n) is 7.27. The number of hydrogen-bond acceptors (Lipinski definition) is 3. The average Bonchev–Trinajstić information content (AvgIpc) is 3.08. The Kier molecular flexibility index (Phi) is 4.71. The molecule has 1 saturated carbocycles. The van der Waals surface area contributed by atoms with Crippen molar-refractivity contribution in [2.75, 3.05) is 13.1 Å². The van der Waals surface area contributed by atoms with Gasteiger partial charge in [-0.1, -0.05) is 12.8 Å². The molecule has 5 heteroatoms. The first-order valence-corrected chi connectivity index (χ1v) is 8.86. The van der Waals surface area contributed by atoms with E-state index in [1.807, 2.05) is 4.90 Å². The fourth-order valence-corrected chi connectivity index (χ4v) is 4.79. The van der Waals surface area contributed by atoms with Crippen molar-refractivity contribution >= 4 is 11.9 Å². The molecule has 0 bridgehead atoms. The molecule has 0 aromatic heterocycles. The standard InChI is InChI=1S/C17H28N2O3/c1-12-5-4-9-18(12)16(20)8-10-19-14-7-3-2-6-13(14)11-15(19)17(21)22/h12-15H,2-11H2,1H3,(H,21,22). The first-order valence-electron chi connectivity index (χ1n) is 8.86. The van der Waals surface area contributed by atoms with Crippen LogP contribution in [0.25, 0.3) is 0 Å². The second-order valence-corrected chi connectivity index (χ2v) is 7.27. The highest BCUT2D eigenvalue weighted by Gasteiger charge is 2.45. The number of hydrogen-bond donors (Lipinski definition) is 1. The van der Waals surface area contributed by atoms with Crippen LogP contribution in [0, 0.1) is 5.92 Å². The minimum Gasteiger partial charge on any atom is -0.480 e. The highest BCUT2D eigenvalue weighted by atomic mass is 16.4. The van der Waals surface area contributed by atoms with E-state index in [1.54, 1.807) is 0 Å². The summed E-state index contributed by atoms with van der Waals surface area (Å²) >= 11 is 0. The summed E-state index contributed by atoms with van der Waals surface area (Å²) in [5, 5.41) is 9.51. The maximum Gasteiger partial charge on any atom is 0.320 e. The van der Waals surface area contributed by atoms with E-state index in [2.05, 4.69) is 11.8 Å². The Morgan fingerprint density at radius 1 is 1.14 bits per heavy atom. The zero-order valence-electron chi connectivity index (χ0n) is 13.5. The van der Waals surface area contributed by atoms with Crippen LogP contribution >= 0.6 is 0 Å². The Balaban J connectivity index is 1.61. The summed E-state index contributed by atoms with van der Waals surface area (Å²) < 4.78 is 0. The third-order valence-corrected chi connectivity index (χ3v) is 5.96. The van der Waals surface area contributed by atoms with E-state index in [4.69, 9.17) is 0 Å². The van der Waals surface area contributed by atoms with E-state index < -0.39 is 5.97 Å². The average molecular weight is 308 g/mol. The molecule has 0 spiro atoms. The SMILES string of the molecule is CC1CCCN1C(=O)CCN1C(C(=O)O)CC2CCCCC21. The Morgan fingerprint density at radius 3 is 2.59 bits per heavy atom. The van der Waals surface area contributed by atoms with E-state index in [9.17, 15) is 14.7 Å². The van der Waals surface area contributed by atoms with Gasteiger partial charge in [0.25, 0.3) is 0 Å². The number of carbonyl (C=O) groups excluding carboxylic acids is 1. The smallest absolute Gasteiger partial charge is 0.320 e. The first kappa shape index (κ1) is 15.8.